The molecule has 106 valence electrons. The second-order valence-corrected chi connectivity index (χ2v) is 4.70. The van der Waals surface area contributed by atoms with Crippen molar-refractivity contribution in [1.29, 1.82) is 0 Å². The van der Waals surface area contributed by atoms with E-state index in [0.29, 0.717) is 11.3 Å². The third-order valence-electron chi connectivity index (χ3n) is 3.17. The van der Waals surface area contributed by atoms with Crippen LogP contribution in [-0.4, -0.2) is 29.2 Å². The van der Waals surface area contributed by atoms with Crippen molar-refractivity contribution < 1.29 is 18.8 Å². The maximum Gasteiger partial charge on any atom is 0.229 e. The SMILES string of the molecule is Cc1ccc(NC(=O)CCN2C(=O)CCC2=O)cc1F. The van der Waals surface area contributed by atoms with Gasteiger partial charge in [-0.2, -0.15) is 0 Å². The summed E-state index contributed by atoms with van der Waals surface area (Å²) < 4.78 is 13.3. The molecule has 1 aromatic carbocycles. The molecule has 1 saturated heterocycles. The van der Waals surface area contributed by atoms with Gasteiger partial charge >= 0.3 is 0 Å². The monoisotopic (exact) mass is 278 g/mol. The Hall–Kier alpha value is -2.24. The van der Waals surface area contributed by atoms with E-state index in [1.807, 2.05) is 0 Å². The van der Waals surface area contributed by atoms with Crippen LogP contribution >= 0.6 is 0 Å². The van der Waals surface area contributed by atoms with E-state index in [2.05, 4.69) is 5.32 Å². The average molecular weight is 278 g/mol. The number of carbonyl (C=O) groups is 3. The highest BCUT2D eigenvalue weighted by atomic mass is 19.1. The number of carbonyl (C=O) groups excluding carboxylic acids is 3. The average Bonchev–Trinajstić information content (AvgIpc) is 2.71. The number of amides is 3. The van der Waals surface area contributed by atoms with Gasteiger partial charge in [-0.3, -0.25) is 19.3 Å². The number of nitrogens with zero attached hydrogens (tertiary/aromatic N) is 1. The smallest absolute Gasteiger partial charge is 0.229 e. The summed E-state index contributed by atoms with van der Waals surface area (Å²) in [6, 6.07) is 4.40. The van der Waals surface area contributed by atoms with Crippen LogP contribution < -0.4 is 5.32 Å². The zero-order chi connectivity index (χ0) is 14.7. The Balaban J connectivity index is 1.88. The Morgan fingerprint density at radius 3 is 2.55 bits per heavy atom. The molecule has 1 N–H and O–H groups in total. The van der Waals surface area contributed by atoms with Crippen LogP contribution in [0.1, 0.15) is 24.8 Å². The highest BCUT2D eigenvalue weighted by Gasteiger charge is 2.28. The zero-order valence-electron chi connectivity index (χ0n) is 11.1. The Kier molecular flexibility index (Phi) is 4.12. The molecule has 6 heteroatoms. The predicted molar refractivity (Wildman–Crippen MR) is 70.3 cm³/mol. The van der Waals surface area contributed by atoms with Crippen LogP contribution in [0.25, 0.3) is 0 Å². The predicted octanol–water partition coefficient (Wildman–Crippen LogP) is 1.61. The van der Waals surface area contributed by atoms with Crippen molar-refractivity contribution in [3.05, 3.63) is 29.6 Å². The maximum atomic E-state index is 13.3. The van der Waals surface area contributed by atoms with Gasteiger partial charge in [0.05, 0.1) is 0 Å². The van der Waals surface area contributed by atoms with Crippen LogP contribution in [0.4, 0.5) is 10.1 Å². The van der Waals surface area contributed by atoms with Gasteiger partial charge in [-0.05, 0) is 24.6 Å². The van der Waals surface area contributed by atoms with Crippen molar-refractivity contribution in [2.24, 2.45) is 0 Å². The van der Waals surface area contributed by atoms with Gasteiger partial charge in [-0.15, -0.1) is 0 Å². The summed E-state index contributed by atoms with van der Waals surface area (Å²) in [6.45, 7) is 1.70. The van der Waals surface area contributed by atoms with Crippen molar-refractivity contribution in [1.82, 2.24) is 4.90 Å². The van der Waals surface area contributed by atoms with E-state index in [0.717, 1.165) is 4.90 Å². The lowest BCUT2D eigenvalue weighted by molar-refractivity contribution is -0.138. The minimum Gasteiger partial charge on any atom is -0.326 e. The molecule has 1 aliphatic rings. The molecule has 1 aliphatic heterocycles. The number of aryl methyl sites for hydroxylation is 1. The molecule has 1 heterocycles. The first-order valence-corrected chi connectivity index (χ1v) is 6.36. The van der Waals surface area contributed by atoms with Gasteiger partial charge in [0.25, 0.3) is 0 Å². The second kappa shape index (κ2) is 5.81. The van der Waals surface area contributed by atoms with Crippen LogP contribution in [0.3, 0.4) is 0 Å². The van der Waals surface area contributed by atoms with Crippen LogP contribution in [0.2, 0.25) is 0 Å². The quantitative estimate of drug-likeness (QED) is 0.851. The lowest BCUT2D eigenvalue weighted by Crippen LogP contribution is -2.32. The van der Waals surface area contributed by atoms with Crippen molar-refractivity contribution in [2.45, 2.75) is 26.2 Å². The fraction of sp³-hybridized carbons (Fsp3) is 0.357. The Morgan fingerprint density at radius 1 is 1.30 bits per heavy atom. The summed E-state index contributed by atoms with van der Waals surface area (Å²) in [5, 5.41) is 2.54. The zero-order valence-corrected chi connectivity index (χ0v) is 11.1. The number of nitrogens with one attached hydrogen (secondary N) is 1. The van der Waals surface area contributed by atoms with E-state index in [1.54, 1.807) is 19.1 Å². The lowest BCUT2D eigenvalue weighted by Gasteiger charge is -2.13. The summed E-state index contributed by atoms with van der Waals surface area (Å²) in [4.78, 5) is 35.5. The minimum absolute atomic E-state index is 0.00692. The van der Waals surface area contributed by atoms with E-state index >= 15 is 0 Å². The van der Waals surface area contributed by atoms with E-state index < -0.39 is 5.82 Å². The normalized spacial score (nSPS) is 14.8. The van der Waals surface area contributed by atoms with Crippen molar-refractivity contribution in [3.8, 4) is 0 Å². The molecule has 5 nitrogen and oxygen atoms in total. The number of imide groups is 1. The van der Waals surface area contributed by atoms with Crippen LogP contribution in [0.5, 0.6) is 0 Å². The Morgan fingerprint density at radius 2 is 1.95 bits per heavy atom. The molecular weight excluding hydrogens is 263 g/mol. The summed E-state index contributed by atoms with van der Waals surface area (Å²) in [5.41, 5.74) is 0.855. The largest absolute Gasteiger partial charge is 0.326 e. The molecule has 0 unspecified atom stereocenters. The van der Waals surface area contributed by atoms with Gasteiger partial charge in [-0.1, -0.05) is 6.07 Å². The Bertz CT molecular complexity index is 556. The third kappa shape index (κ3) is 3.20. The number of hydrogen-bond acceptors (Lipinski definition) is 3. The van der Waals surface area contributed by atoms with Crippen molar-refractivity contribution >= 4 is 23.4 Å². The van der Waals surface area contributed by atoms with E-state index in [4.69, 9.17) is 0 Å². The standard InChI is InChI=1S/C14H15FN2O3/c1-9-2-3-10(8-11(9)15)16-12(18)6-7-17-13(19)4-5-14(17)20/h2-3,8H,4-7H2,1H3,(H,16,18). The van der Waals surface area contributed by atoms with Gasteiger partial charge in [-0.25, -0.2) is 4.39 Å². The lowest BCUT2D eigenvalue weighted by atomic mass is 10.2. The number of halogens is 1. The summed E-state index contributed by atoms with van der Waals surface area (Å²) >= 11 is 0. The molecule has 0 bridgehead atoms. The number of hydrogen-bond donors (Lipinski definition) is 1. The first-order valence-electron chi connectivity index (χ1n) is 6.36. The van der Waals surface area contributed by atoms with Gasteiger partial charge < -0.3 is 5.32 Å². The molecule has 0 saturated carbocycles. The molecule has 20 heavy (non-hydrogen) atoms. The van der Waals surface area contributed by atoms with Gasteiger partial charge in [0.2, 0.25) is 17.7 Å². The first kappa shape index (κ1) is 14.2. The second-order valence-electron chi connectivity index (χ2n) is 4.70. The fourth-order valence-electron chi connectivity index (χ4n) is 1.98. The van der Waals surface area contributed by atoms with Gasteiger partial charge in [0.15, 0.2) is 0 Å². The maximum absolute atomic E-state index is 13.3. The number of rotatable bonds is 4. The molecule has 3 amide bonds. The molecule has 2 rings (SSSR count). The summed E-state index contributed by atoms with van der Waals surface area (Å²) in [6.07, 6.45) is 0.431. The van der Waals surface area contributed by atoms with Crippen molar-refractivity contribution in [2.75, 3.05) is 11.9 Å². The number of benzene rings is 1. The van der Waals surface area contributed by atoms with Crippen LogP contribution in [-0.2, 0) is 14.4 Å². The molecular formula is C14H15FN2O3. The molecule has 0 aromatic heterocycles. The summed E-state index contributed by atoms with van der Waals surface area (Å²) in [7, 11) is 0. The molecule has 1 fully saturated rings. The molecule has 0 aliphatic carbocycles. The molecule has 1 aromatic rings. The Labute approximate surface area is 115 Å². The number of likely N-dealkylation sites (tertiary alicyclic amines) is 1. The summed E-state index contributed by atoms with van der Waals surface area (Å²) in [5.74, 6) is -1.25. The topological polar surface area (TPSA) is 66.5 Å². The third-order valence-corrected chi connectivity index (χ3v) is 3.17. The van der Waals surface area contributed by atoms with Crippen molar-refractivity contribution in [3.63, 3.8) is 0 Å². The molecule has 0 atom stereocenters. The van der Waals surface area contributed by atoms with Gasteiger partial charge in [0, 0.05) is 31.5 Å². The van der Waals surface area contributed by atoms with Gasteiger partial charge in [0.1, 0.15) is 5.82 Å². The van der Waals surface area contributed by atoms with Crippen LogP contribution in [0, 0.1) is 12.7 Å². The highest BCUT2D eigenvalue weighted by Crippen LogP contribution is 2.15. The molecule has 0 spiro atoms. The van der Waals surface area contributed by atoms with Crippen LogP contribution in [0.15, 0.2) is 18.2 Å². The molecule has 0 radical (unpaired) electrons. The van der Waals surface area contributed by atoms with E-state index in [-0.39, 0.29) is 43.5 Å². The highest BCUT2D eigenvalue weighted by molar-refractivity contribution is 6.02. The minimum atomic E-state index is -0.396. The fourth-order valence-corrected chi connectivity index (χ4v) is 1.98. The first-order chi connectivity index (χ1) is 9.47. The van der Waals surface area contributed by atoms with E-state index in [1.165, 1.54) is 6.07 Å². The van der Waals surface area contributed by atoms with E-state index in [9.17, 15) is 18.8 Å². The number of anilines is 1.